The predicted octanol–water partition coefficient (Wildman–Crippen LogP) is 3.87. The quantitative estimate of drug-likeness (QED) is 0.407. The minimum Gasteiger partial charge on any atom is -0.273 e. The first-order valence-electron chi connectivity index (χ1n) is 7.09. The van der Waals surface area contributed by atoms with Gasteiger partial charge in [-0.3, -0.25) is 14.2 Å². The summed E-state index contributed by atoms with van der Waals surface area (Å²) in [4.78, 5) is 17.1. The summed E-state index contributed by atoms with van der Waals surface area (Å²) in [5.41, 5.74) is 0.917. The van der Waals surface area contributed by atoms with E-state index in [9.17, 15) is 13.6 Å². The first kappa shape index (κ1) is 12.5. The van der Waals surface area contributed by atoms with Crippen molar-refractivity contribution in [1.82, 2.24) is 9.38 Å². The Labute approximate surface area is 127 Å². The van der Waals surface area contributed by atoms with Crippen molar-refractivity contribution in [3.05, 3.63) is 70.6 Å². The van der Waals surface area contributed by atoms with Crippen LogP contribution in [0.15, 0.2) is 53.5 Å². The fourth-order valence-corrected chi connectivity index (χ4v) is 3.41. The van der Waals surface area contributed by atoms with Crippen LogP contribution in [0.4, 0.5) is 8.78 Å². The Hall–Kier alpha value is -3.08. The molecular weight excluding hydrogens is 298 g/mol. The lowest BCUT2D eigenvalue weighted by atomic mass is 10.1. The second-order valence-electron chi connectivity index (χ2n) is 5.49. The summed E-state index contributed by atoms with van der Waals surface area (Å²) in [5, 5.41) is 1.33. The number of para-hydroxylation sites is 1. The van der Waals surface area contributed by atoms with Gasteiger partial charge in [-0.15, -0.1) is 0 Å². The number of rotatable bonds is 0. The smallest absolute Gasteiger partial charge is 0.266 e. The molecule has 0 radical (unpaired) electrons. The summed E-state index contributed by atoms with van der Waals surface area (Å²) in [6.45, 7) is 0. The molecule has 0 saturated heterocycles. The lowest BCUT2D eigenvalue weighted by molar-refractivity contribution is 0.617. The van der Waals surface area contributed by atoms with Crippen molar-refractivity contribution in [1.29, 1.82) is 0 Å². The normalized spacial score (nSPS) is 12.1. The molecule has 0 fully saturated rings. The molecule has 5 rings (SSSR count). The SMILES string of the molecule is O=c1c2c(F)ccc(F)c2c2nccc3c4ccccc4n1c32. The van der Waals surface area contributed by atoms with E-state index in [0.29, 0.717) is 16.6 Å². The summed E-state index contributed by atoms with van der Waals surface area (Å²) in [7, 11) is 0. The van der Waals surface area contributed by atoms with Gasteiger partial charge in [-0.25, -0.2) is 8.78 Å². The fourth-order valence-electron chi connectivity index (χ4n) is 3.41. The molecule has 0 atom stereocenters. The number of hydrogen-bond acceptors (Lipinski definition) is 2. The summed E-state index contributed by atoms with van der Waals surface area (Å²) in [5.74, 6) is -1.39. The maximum Gasteiger partial charge on any atom is 0.266 e. The molecule has 0 amide bonds. The molecular formula is C18H8F2N2O. The third kappa shape index (κ3) is 1.37. The van der Waals surface area contributed by atoms with E-state index in [1.165, 1.54) is 4.40 Å². The molecule has 0 saturated carbocycles. The molecule has 0 aliphatic carbocycles. The zero-order valence-corrected chi connectivity index (χ0v) is 11.7. The van der Waals surface area contributed by atoms with Crippen LogP contribution >= 0.6 is 0 Å². The molecule has 23 heavy (non-hydrogen) atoms. The molecule has 0 aliphatic heterocycles. The van der Waals surface area contributed by atoms with Crippen LogP contribution in [-0.4, -0.2) is 9.38 Å². The van der Waals surface area contributed by atoms with Crippen molar-refractivity contribution in [2.45, 2.75) is 0 Å². The van der Waals surface area contributed by atoms with Gasteiger partial charge in [-0.1, -0.05) is 18.2 Å². The molecule has 3 nitrogen and oxygen atoms in total. The summed E-state index contributed by atoms with van der Waals surface area (Å²) in [6, 6.07) is 11.1. The zero-order chi connectivity index (χ0) is 15.7. The van der Waals surface area contributed by atoms with Gasteiger partial charge in [0.2, 0.25) is 0 Å². The second kappa shape index (κ2) is 4.01. The number of benzene rings is 2. The number of fused-ring (bicyclic) bond motifs is 5. The van der Waals surface area contributed by atoms with Gasteiger partial charge >= 0.3 is 0 Å². The Morgan fingerprint density at radius 3 is 2.43 bits per heavy atom. The highest BCUT2D eigenvalue weighted by Gasteiger charge is 2.21. The Balaban J connectivity index is 2.32. The van der Waals surface area contributed by atoms with E-state index >= 15 is 0 Å². The molecule has 0 N–H and O–H groups in total. The van der Waals surface area contributed by atoms with E-state index in [2.05, 4.69) is 4.98 Å². The maximum absolute atomic E-state index is 14.3. The predicted molar refractivity (Wildman–Crippen MR) is 85.1 cm³/mol. The lowest BCUT2D eigenvalue weighted by Crippen LogP contribution is -2.15. The van der Waals surface area contributed by atoms with Gasteiger partial charge in [0, 0.05) is 17.0 Å². The minimum atomic E-state index is -0.742. The Morgan fingerprint density at radius 2 is 1.61 bits per heavy atom. The van der Waals surface area contributed by atoms with E-state index in [1.54, 1.807) is 18.3 Å². The highest BCUT2D eigenvalue weighted by atomic mass is 19.1. The number of hydrogen-bond donors (Lipinski definition) is 0. The summed E-state index contributed by atoms with van der Waals surface area (Å²) in [6.07, 6.45) is 1.55. The molecule has 0 bridgehead atoms. The van der Waals surface area contributed by atoms with Crippen LogP contribution in [0.1, 0.15) is 0 Å². The Kier molecular flexibility index (Phi) is 2.17. The molecule has 2 aromatic carbocycles. The average molecular weight is 306 g/mol. The summed E-state index contributed by atoms with van der Waals surface area (Å²) < 4.78 is 30.0. The topological polar surface area (TPSA) is 34.4 Å². The van der Waals surface area contributed by atoms with Crippen LogP contribution < -0.4 is 5.56 Å². The van der Waals surface area contributed by atoms with Crippen molar-refractivity contribution in [2.24, 2.45) is 0 Å². The van der Waals surface area contributed by atoms with Gasteiger partial charge in [0.05, 0.1) is 27.3 Å². The second-order valence-corrected chi connectivity index (χ2v) is 5.49. The van der Waals surface area contributed by atoms with Crippen LogP contribution in [0.2, 0.25) is 0 Å². The van der Waals surface area contributed by atoms with Gasteiger partial charge in [0.15, 0.2) is 0 Å². The molecule has 3 aromatic heterocycles. The van der Waals surface area contributed by atoms with Crippen LogP contribution in [0, 0.1) is 11.6 Å². The van der Waals surface area contributed by atoms with Crippen LogP contribution in [0.25, 0.3) is 38.1 Å². The van der Waals surface area contributed by atoms with Crippen LogP contribution in [-0.2, 0) is 0 Å². The first-order chi connectivity index (χ1) is 11.2. The van der Waals surface area contributed by atoms with Gasteiger partial charge in [0.25, 0.3) is 5.56 Å². The standard InChI is InChI=1S/C18H8F2N2O/c19-11-5-6-12(20)15-14(11)16-17-10(7-8-21-16)9-3-1-2-4-13(9)22(17)18(15)23/h1-8H. The first-order valence-corrected chi connectivity index (χ1v) is 7.09. The number of aromatic nitrogens is 2. The molecule has 3 heterocycles. The summed E-state index contributed by atoms with van der Waals surface area (Å²) >= 11 is 0. The molecule has 5 aromatic rings. The van der Waals surface area contributed by atoms with Crippen LogP contribution in [0.3, 0.4) is 0 Å². The van der Waals surface area contributed by atoms with Crippen molar-refractivity contribution < 1.29 is 8.78 Å². The van der Waals surface area contributed by atoms with E-state index in [-0.39, 0.29) is 10.8 Å². The van der Waals surface area contributed by atoms with Crippen molar-refractivity contribution in [3.8, 4) is 0 Å². The van der Waals surface area contributed by atoms with Gasteiger partial charge < -0.3 is 0 Å². The van der Waals surface area contributed by atoms with Gasteiger partial charge in [0.1, 0.15) is 11.6 Å². The number of halogens is 2. The monoisotopic (exact) mass is 306 g/mol. The van der Waals surface area contributed by atoms with Gasteiger partial charge in [-0.2, -0.15) is 0 Å². The fraction of sp³-hybridized carbons (Fsp3) is 0. The number of pyridine rings is 2. The van der Waals surface area contributed by atoms with E-state index in [1.807, 2.05) is 18.2 Å². The largest absolute Gasteiger partial charge is 0.273 e. The van der Waals surface area contributed by atoms with E-state index in [4.69, 9.17) is 0 Å². The van der Waals surface area contributed by atoms with Crippen LogP contribution in [0.5, 0.6) is 0 Å². The van der Waals surface area contributed by atoms with E-state index < -0.39 is 17.2 Å². The maximum atomic E-state index is 14.3. The van der Waals surface area contributed by atoms with Crippen molar-refractivity contribution >= 4 is 38.1 Å². The van der Waals surface area contributed by atoms with Crippen molar-refractivity contribution in [3.63, 3.8) is 0 Å². The van der Waals surface area contributed by atoms with E-state index in [0.717, 1.165) is 22.9 Å². The molecule has 0 aliphatic rings. The average Bonchev–Trinajstić information content (AvgIpc) is 2.91. The molecule has 0 unspecified atom stereocenters. The Bertz CT molecular complexity index is 1310. The minimum absolute atomic E-state index is 0.0593. The molecule has 110 valence electrons. The highest BCUT2D eigenvalue weighted by molar-refractivity contribution is 6.18. The molecule has 5 heteroatoms. The lowest BCUT2D eigenvalue weighted by Gasteiger charge is -2.06. The third-order valence-corrected chi connectivity index (χ3v) is 4.34. The third-order valence-electron chi connectivity index (χ3n) is 4.34. The zero-order valence-electron chi connectivity index (χ0n) is 11.7. The Morgan fingerprint density at radius 1 is 0.870 bits per heavy atom. The number of nitrogens with zero attached hydrogens (tertiary/aromatic N) is 2. The van der Waals surface area contributed by atoms with Crippen molar-refractivity contribution in [2.75, 3.05) is 0 Å². The van der Waals surface area contributed by atoms with Gasteiger partial charge in [-0.05, 0) is 24.3 Å². The highest BCUT2D eigenvalue weighted by Crippen LogP contribution is 2.33. The molecule has 0 spiro atoms.